The predicted octanol–water partition coefficient (Wildman–Crippen LogP) is 4.00. The molecular weight excluding hydrogens is 176 g/mol. The van der Waals surface area contributed by atoms with Crippen molar-refractivity contribution >= 4 is 0 Å². The van der Waals surface area contributed by atoms with Crippen molar-refractivity contribution in [1.82, 2.24) is 0 Å². The molecule has 1 aromatic rings. The third kappa shape index (κ3) is 3.29. The molecule has 0 aromatic heterocycles. The van der Waals surface area contributed by atoms with Gasteiger partial charge in [-0.05, 0) is 18.6 Å². The Morgan fingerprint density at radius 2 is 1.86 bits per heavy atom. The SMILES string of the molecule is CCC.CCCOc1ccc2c(c1)O2. The topological polar surface area (TPSA) is 21.8 Å². The van der Waals surface area contributed by atoms with Gasteiger partial charge < -0.3 is 9.47 Å². The highest BCUT2D eigenvalue weighted by Gasteiger charge is 2.19. The summed E-state index contributed by atoms with van der Waals surface area (Å²) >= 11 is 0. The summed E-state index contributed by atoms with van der Waals surface area (Å²) < 4.78 is 10.5. The van der Waals surface area contributed by atoms with Gasteiger partial charge in [-0.3, -0.25) is 0 Å². The van der Waals surface area contributed by atoms with Gasteiger partial charge in [0.25, 0.3) is 0 Å². The fourth-order valence-corrected chi connectivity index (χ4v) is 0.955. The van der Waals surface area contributed by atoms with Gasteiger partial charge >= 0.3 is 0 Å². The summed E-state index contributed by atoms with van der Waals surface area (Å²) in [7, 11) is 0. The van der Waals surface area contributed by atoms with Gasteiger partial charge in [-0.25, -0.2) is 0 Å². The van der Waals surface area contributed by atoms with E-state index in [1.54, 1.807) is 0 Å². The van der Waals surface area contributed by atoms with Crippen LogP contribution in [0.4, 0.5) is 0 Å². The smallest absolute Gasteiger partial charge is 0.173 e. The Kier molecular flexibility index (Phi) is 4.30. The second kappa shape index (κ2) is 5.53. The Balaban J connectivity index is 0.000000293. The van der Waals surface area contributed by atoms with Crippen LogP contribution in [0.1, 0.15) is 33.6 Å². The zero-order valence-corrected chi connectivity index (χ0v) is 9.17. The first-order valence-corrected chi connectivity index (χ1v) is 5.26. The lowest BCUT2D eigenvalue weighted by Gasteiger charge is -2.00. The molecular formula is C12H18O2. The second-order valence-corrected chi connectivity index (χ2v) is 3.27. The molecule has 1 aliphatic rings. The average molecular weight is 194 g/mol. The summed E-state index contributed by atoms with van der Waals surface area (Å²) in [6, 6.07) is 5.78. The van der Waals surface area contributed by atoms with E-state index in [9.17, 15) is 0 Å². The average Bonchev–Trinajstić information content (AvgIpc) is 2.93. The molecule has 0 bridgehead atoms. The van der Waals surface area contributed by atoms with Crippen LogP contribution < -0.4 is 9.47 Å². The van der Waals surface area contributed by atoms with Crippen LogP contribution in [0, 0.1) is 0 Å². The van der Waals surface area contributed by atoms with Gasteiger partial charge in [-0.15, -0.1) is 0 Å². The largest absolute Gasteiger partial charge is 0.493 e. The quantitative estimate of drug-likeness (QED) is 0.689. The van der Waals surface area contributed by atoms with E-state index in [2.05, 4.69) is 20.8 Å². The van der Waals surface area contributed by atoms with E-state index in [1.807, 2.05) is 18.2 Å². The maximum absolute atomic E-state index is 5.39. The summed E-state index contributed by atoms with van der Waals surface area (Å²) in [5, 5.41) is 0. The van der Waals surface area contributed by atoms with E-state index in [0.717, 1.165) is 30.3 Å². The first kappa shape index (κ1) is 10.9. The van der Waals surface area contributed by atoms with Crippen molar-refractivity contribution in [1.29, 1.82) is 0 Å². The Labute approximate surface area is 85.8 Å². The van der Waals surface area contributed by atoms with Crippen LogP contribution in [0.3, 0.4) is 0 Å². The van der Waals surface area contributed by atoms with Crippen LogP contribution in [-0.4, -0.2) is 6.61 Å². The van der Waals surface area contributed by atoms with Gasteiger partial charge in [0.1, 0.15) is 5.75 Å². The van der Waals surface area contributed by atoms with Gasteiger partial charge in [0.15, 0.2) is 11.5 Å². The van der Waals surface area contributed by atoms with Crippen LogP contribution in [0.15, 0.2) is 18.2 Å². The summed E-state index contributed by atoms with van der Waals surface area (Å²) in [6.45, 7) is 7.12. The van der Waals surface area contributed by atoms with Crippen molar-refractivity contribution in [2.24, 2.45) is 0 Å². The third-order valence-corrected chi connectivity index (χ3v) is 1.57. The number of hydrogen-bond acceptors (Lipinski definition) is 2. The number of hydrogen-bond donors (Lipinski definition) is 0. The Hall–Kier alpha value is -1.18. The number of benzene rings is 1. The lowest BCUT2D eigenvalue weighted by Crippen LogP contribution is -1.93. The van der Waals surface area contributed by atoms with Crippen LogP contribution in [0.2, 0.25) is 0 Å². The Bertz CT molecular complexity index is 282. The first-order valence-electron chi connectivity index (χ1n) is 5.26. The number of rotatable bonds is 3. The highest BCUT2D eigenvalue weighted by atomic mass is 16.6. The molecule has 0 unspecified atom stereocenters. The molecule has 2 rings (SSSR count). The first-order chi connectivity index (χ1) is 6.81. The normalized spacial score (nSPS) is 10.5. The highest BCUT2D eigenvalue weighted by molar-refractivity contribution is 5.57. The molecule has 0 atom stereocenters. The van der Waals surface area contributed by atoms with Crippen molar-refractivity contribution in [3.8, 4) is 17.2 Å². The van der Waals surface area contributed by atoms with Crippen LogP contribution >= 0.6 is 0 Å². The highest BCUT2D eigenvalue weighted by Crippen LogP contribution is 2.46. The molecule has 0 spiro atoms. The fraction of sp³-hybridized carbons (Fsp3) is 0.500. The maximum atomic E-state index is 5.39. The summed E-state index contributed by atoms with van der Waals surface area (Å²) in [5.74, 6) is 2.84. The van der Waals surface area contributed by atoms with E-state index in [-0.39, 0.29) is 0 Å². The van der Waals surface area contributed by atoms with Gasteiger partial charge in [0.05, 0.1) is 6.61 Å². The molecule has 0 radical (unpaired) electrons. The van der Waals surface area contributed by atoms with Gasteiger partial charge in [0, 0.05) is 6.07 Å². The Morgan fingerprint density at radius 3 is 2.43 bits per heavy atom. The molecule has 0 saturated carbocycles. The van der Waals surface area contributed by atoms with E-state index in [4.69, 9.17) is 9.47 Å². The zero-order valence-electron chi connectivity index (χ0n) is 9.17. The molecule has 0 fully saturated rings. The predicted molar refractivity (Wildman–Crippen MR) is 58.3 cm³/mol. The number of fused-ring (bicyclic) bond motifs is 1. The van der Waals surface area contributed by atoms with Gasteiger partial charge in [0.2, 0.25) is 0 Å². The van der Waals surface area contributed by atoms with Gasteiger partial charge in [-0.2, -0.15) is 0 Å². The summed E-state index contributed by atoms with van der Waals surface area (Å²) in [4.78, 5) is 0. The third-order valence-electron chi connectivity index (χ3n) is 1.57. The minimum atomic E-state index is 0.777. The molecule has 0 N–H and O–H groups in total. The molecule has 1 aliphatic heterocycles. The minimum Gasteiger partial charge on any atom is -0.493 e. The molecule has 0 saturated heterocycles. The standard InChI is InChI=1S/C9H10O2.C3H8/c1-2-5-10-7-3-4-8-9(6-7)11-8;1-3-2/h3-4,6H,2,5H2,1H3;3H2,1-2H3. The second-order valence-electron chi connectivity index (χ2n) is 3.27. The Morgan fingerprint density at radius 1 is 1.14 bits per heavy atom. The summed E-state index contributed by atoms with van der Waals surface area (Å²) in [5.41, 5.74) is 0. The molecule has 14 heavy (non-hydrogen) atoms. The van der Waals surface area contributed by atoms with E-state index < -0.39 is 0 Å². The number of ether oxygens (including phenoxy) is 2. The van der Waals surface area contributed by atoms with Crippen LogP contribution in [0.5, 0.6) is 17.2 Å². The van der Waals surface area contributed by atoms with Crippen molar-refractivity contribution in [2.75, 3.05) is 6.61 Å². The van der Waals surface area contributed by atoms with E-state index in [1.165, 1.54) is 6.42 Å². The molecule has 1 heterocycles. The molecule has 2 nitrogen and oxygen atoms in total. The minimum absolute atomic E-state index is 0.777. The van der Waals surface area contributed by atoms with Gasteiger partial charge in [-0.1, -0.05) is 27.2 Å². The van der Waals surface area contributed by atoms with Crippen molar-refractivity contribution in [3.63, 3.8) is 0 Å². The lowest BCUT2D eigenvalue weighted by atomic mass is 10.3. The van der Waals surface area contributed by atoms with Crippen LogP contribution in [0.25, 0.3) is 0 Å². The van der Waals surface area contributed by atoms with Crippen molar-refractivity contribution in [2.45, 2.75) is 33.6 Å². The van der Waals surface area contributed by atoms with Crippen LogP contribution in [-0.2, 0) is 0 Å². The summed E-state index contributed by atoms with van der Waals surface area (Å²) in [6.07, 6.45) is 2.29. The van der Waals surface area contributed by atoms with E-state index in [0.29, 0.717) is 0 Å². The zero-order chi connectivity index (χ0) is 10.4. The van der Waals surface area contributed by atoms with Crippen molar-refractivity contribution in [3.05, 3.63) is 18.2 Å². The molecule has 78 valence electrons. The fourth-order valence-electron chi connectivity index (χ4n) is 0.955. The molecule has 1 aromatic carbocycles. The molecule has 2 heteroatoms. The molecule has 0 aliphatic carbocycles. The monoisotopic (exact) mass is 194 g/mol. The lowest BCUT2D eigenvalue weighted by molar-refractivity contribution is 0.317. The van der Waals surface area contributed by atoms with Crippen molar-refractivity contribution < 1.29 is 9.47 Å². The van der Waals surface area contributed by atoms with E-state index >= 15 is 0 Å². The maximum Gasteiger partial charge on any atom is 0.173 e. The molecule has 0 amide bonds.